The standard InChI is InChI=1S/C28H37N3O4/c1-22-5-7-25(23(2)17-22)35-20-28(32)9-4-12-30(13-10-28)19-24-6-8-26(27(18-24)33-3)34-16-15-31-14-11-29-21-31/h5-8,11,14,17-18,21,32H,4,9-10,12-13,15-16,19-20H2,1-3H3/t28-/m0/s1. The van der Waals surface area contributed by atoms with Crippen LogP contribution in [0.5, 0.6) is 17.2 Å². The zero-order valence-corrected chi connectivity index (χ0v) is 21.1. The summed E-state index contributed by atoms with van der Waals surface area (Å²) < 4.78 is 19.5. The fourth-order valence-electron chi connectivity index (χ4n) is 4.58. The van der Waals surface area contributed by atoms with E-state index < -0.39 is 5.60 Å². The third-order valence-electron chi connectivity index (χ3n) is 6.64. The Morgan fingerprint density at radius 1 is 1.00 bits per heavy atom. The third-order valence-corrected chi connectivity index (χ3v) is 6.64. The molecule has 0 unspecified atom stereocenters. The highest BCUT2D eigenvalue weighted by atomic mass is 16.5. The van der Waals surface area contributed by atoms with Crippen LogP contribution in [-0.2, 0) is 13.1 Å². The SMILES string of the molecule is COc1cc(CN2CCC[C@@](O)(COc3ccc(C)cc3C)CC2)ccc1OCCn1ccnc1. The second-order valence-corrected chi connectivity index (χ2v) is 9.55. The van der Waals surface area contributed by atoms with Gasteiger partial charge >= 0.3 is 0 Å². The maximum atomic E-state index is 11.2. The Balaban J connectivity index is 1.29. The van der Waals surface area contributed by atoms with Crippen molar-refractivity contribution in [2.45, 2.75) is 51.8 Å². The summed E-state index contributed by atoms with van der Waals surface area (Å²) in [4.78, 5) is 6.44. The molecule has 35 heavy (non-hydrogen) atoms. The minimum Gasteiger partial charge on any atom is -0.493 e. The number of aliphatic hydroxyl groups is 1. The zero-order valence-electron chi connectivity index (χ0n) is 21.1. The predicted octanol–water partition coefficient (Wildman–Crippen LogP) is 4.38. The van der Waals surface area contributed by atoms with E-state index in [1.807, 2.05) is 42.0 Å². The van der Waals surface area contributed by atoms with Gasteiger partial charge in [0.1, 0.15) is 19.0 Å². The molecule has 7 nitrogen and oxygen atoms in total. The number of hydrogen-bond donors (Lipinski definition) is 1. The maximum Gasteiger partial charge on any atom is 0.161 e. The van der Waals surface area contributed by atoms with E-state index in [9.17, 15) is 5.11 Å². The lowest BCUT2D eigenvalue weighted by Crippen LogP contribution is -2.37. The smallest absolute Gasteiger partial charge is 0.161 e. The van der Waals surface area contributed by atoms with E-state index >= 15 is 0 Å². The number of hydrogen-bond acceptors (Lipinski definition) is 6. The van der Waals surface area contributed by atoms with Crippen molar-refractivity contribution in [3.05, 3.63) is 71.8 Å². The van der Waals surface area contributed by atoms with Crippen molar-refractivity contribution < 1.29 is 19.3 Å². The van der Waals surface area contributed by atoms with Crippen molar-refractivity contribution in [1.29, 1.82) is 0 Å². The summed E-state index contributed by atoms with van der Waals surface area (Å²) in [6, 6.07) is 12.3. The second-order valence-electron chi connectivity index (χ2n) is 9.55. The van der Waals surface area contributed by atoms with Gasteiger partial charge in [-0.15, -0.1) is 0 Å². The molecule has 0 radical (unpaired) electrons. The molecule has 1 aliphatic rings. The Hall–Kier alpha value is -3.03. The molecule has 1 saturated heterocycles. The van der Waals surface area contributed by atoms with Crippen LogP contribution in [0.2, 0.25) is 0 Å². The minimum absolute atomic E-state index is 0.323. The summed E-state index contributed by atoms with van der Waals surface area (Å²) >= 11 is 0. The molecular formula is C28H37N3O4. The first kappa shape index (κ1) is 25.1. The number of aromatic nitrogens is 2. The number of imidazole rings is 1. The van der Waals surface area contributed by atoms with Crippen molar-refractivity contribution in [1.82, 2.24) is 14.5 Å². The molecule has 1 N–H and O–H groups in total. The van der Waals surface area contributed by atoms with Gasteiger partial charge in [0.2, 0.25) is 0 Å². The van der Waals surface area contributed by atoms with E-state index in [1.54, 1.807) is 19.6 Å². The van der Waals surface area contributed by atoms with Gasteiger partial charge in [-0.05, 0) is 69.0 Å². The number of methoxy groups -OCH3 is 1. The minimum atomic E-state index is -0.809. The average Bonchev–Trinajstić information content (AvgIpc) is 3.29. The first-order chi connectivity index (χ1) is 16.9. The largest absolute Gasteiger partial charge is 0.493 e. The molecule has 3 aromatic rings. The molecule has 7 heteroatoms. The summed E-state index contributed by atoms with van der Waals surface area (Å²) in [5.41, 5.74) is 2.67. The number of ether oxygens (including phenoxy) is 3. The number of aryl methyl sites for hydroxylation is 2. The Labute approximate surface area is 208 Å². The molecule has 2 aromatic carbocycles. The first-order valence-corrected chi connectivity index (χ1v) is 12.3. The lowest BCUT2D eigenvalue weighted by molar-refractivity contribution is -0.0170. The Morgan fingerprint density at radius 2 is 1.86 bits per heavy atom. The van der Waals surface area contributed by atoms with Crippen LogP contribution < -0.4 is 14.2 Å². The first-order valence-electron chi connectivity index (χ1n) is 12.3. The number of rotatable bonds is 10. The lowest BCUT2D eigenvalue weighted by atomic mass is 9.96. The van der Waals surface area contributed by atoms with Crippen LogP contribution in [0, 0.1) is 13.8 Å². The topological polar surface area (TPSA) is 69.0 Å². The fraction of sp³-hybridized carbons (Fsp3) is 0.464. The van der Waals surface area contributed by atoms with Gasteiger partial charge < -0.3 is 23.9 Å². The van der Waals surface area contributed by atoms with Crippen LogP contribution in [0.3, 0.4) is 0 Å². The second kappa shape index (κ2) is 11.6. The van der Waals surface area contributed by atoms with E-state index in [2.05, 4.69) is 28.9 Å². The Bertz CT molecular complexity index is 1090. The normalized spacial score (nSPS) is 18.7. The highest BCUT2D eigenvalue weighted by molar-refractivity contribution is 5.43. The summed E-state index contributed by atoms with van der Waals surface area (Å²) in [6.07, 6.45) is 7.81. The molecule has 188 valence electrons. The monoisotopic (exact) mass is 479 g/mol. The number of nitrogens with zero attached hydrogens (tertiary/aromatic N) is 3. The molecule has 0 spiro atoms. The van der Waals surface area contributed by atoms with Gasteiger partial charge in [0.25, 0.3) is 0 Å². The van der Waals surface area contributed by atoms with Crippen molar-refractivity contribution in [2.24, 2.45) is 0 Å². The van der Waals surface area contributed by atoms with Gasteiger partial charge in [0.05, 0.1) is 25.6 Å². The predicted molar refractivity (Wildman–Crippen MR) is 136 cm³/mol. The van der Waals surface area contributed by atoms with Gasteiger partial charge in [-0.3, -0.25) is 4.90 Å². The van der Waals surface area contributed by atoms with E-state index in [0.717, 1.165) is 61.8 Å². The molecule has 0 aliphatic carbocycles. The van der Waals surface area contributed by atoms with Crippen LogP contribution in [0.1, 0.15) is 36.0 Å². The molecule has 0 bridgehead atoms. The molecule has 1 aromatic heterocycles. The summed E-state index contributed by atoms with van der Waals surface area (Å²) in [7, 11) is 1.67. The molecule has 1 atom stereocenters. The fourth-order valence-corrected chi connectivity index (χ4v) is 4.58. The molecule has 0 saturated carbocycles. The molecular weight excluding hydrogens is 442 g/mol. The van der Waals surface area contributed by atoms with Gasteiger partial charge in [0.15, 0.2) is 11.5 Å². The highest BCUT2D eigenvalue weighted by Crippen LogP contribution is 2.30. The Kier molecular flexibility index (Phi) is 8.31. The van der Waals surface area contributed by atoms with Crippen LogP contribution in [-0.4, -0.2) is 58.6 Å². The third kappa shape index (κ3) is 6.99. The summed E-state index contributed by atoms with van der Waals surface area (Å²) in [6.45, 7) is 8.28. The summed E-state index contributed by atoms with van der Waals surface area (Å²) in [5, 5.41) is 11.2. The van der Waals surface area contributed by atoms with E-state index in [4.69, 9.17) is 14.2 Å². The van der Waals surface area contributed by atoms with E-state index in [0.29, 0.717) is 19.6 Å². The van der Waals surface area contributed by atoms with Gasteiger partial charge in [-0.1, -0.05) is 23.8 Å². The molecule has 1 fully saturated rings. The maximum absolute atomic E-state index is 11.2. The van der Waals surface area contributed by atoms with E-state index in [1.165, 1.54) is 11.1 Å². The summed E-state index contributed by atoms with van der Waals surface area (Å²) in [5.74, 6) is 2.33. The van der Waals surface area contributed by atoms with Crippen molar-refractivity contribution in [3.8, 4) is 17.2 Å². The van der Waals surface area contributed by atoms with Crippen LogP contribution in [0.4, 0.5) is 0 Å². The number of likely N-dealkylation sites (tertiary alicyclic amines) is 1. The Morgan fingerprint density at radius 3 is 2.63 bits per heavy atom. The van der Waals surface area contributed by atoms with E-state index in [-0.39, 0.29) is 0 Å². The van der Waals surface area contributed by atoms with Gasteiger partial charge in [0, 0.05) is 25.5 Å². The van der Waals surface area contributed by atoms with Crippen LogP contribution in [0.15, 0.2) is 55.1 Å². The molecule has 4 rings (SSSR count). The van der Waals surface area contributed by atoms with Crippen LogP contribution in [0.25, 0.3) is 0 Å². The van der Waals surface area contributed by atoms with Gasteiger partial charge in [-0.2, -0.15) is 0 Å². The molecule has 0 amide bonds. The zero-order chi connectivity index (χ0) is 24.7. The lowest BCUT2D eigenvalue weighted by Gasteiger charge is -2.27. The average molecular weight is 480 g/mol. The number of benzene rings is 2. The molecule has 2 heterocycles. The molecule has 1 aliphatic heterocycles. The van der Waals surface area contributed by atoms with Gasteiger partial charge in [-0.25, -0.2) is 4.98 Å². The van der Waals surface area contributed by atoms with Crippen LogP contribution >= 0.6 is 0 Å². The van der Waals surface area contributed by atoms with Crippen molar-refractivity contribution >= 4 is 0 Å². The van der Waals surface area contributed by atoms with Crippen molar-refractivity contribution in [2.75, 3.05) is 33.4 Å². The quantitative estimate of drug-likeness (QED) is 0.465. The highest BCUT2D eigenvalue weighted by Gasteiger charge is 2.31. The van der Waals surface area contributed by atoms with Crippen molar-refractivity contribution in [3.63, 3.8) is 0 Å².